The molecule has 8 nitrogen and oxygen atoms in total. The highest BCUT2D eigenvalue weighted by molar-refractivity contribution is 7.14. The predicted octanol–water partition coefficient (Wildman–Crippen LogP) is 2.19. The zero-order valence-corrected chi connectivity index (χ0v) is 15.7. The van der Waals surface area contributed by atoms with Crippen molar-refractivity contribution in [2.45, 2.75) is 20.0 Å². The Labute approximate surface area is 160 Å². The van der Waals surface area contributed by atoms with Crippen LogP contribution in [0.2, 0.25) is 0 Å². The van der Waals surface area contributed by atoms with Gasteiger partial charge in [-0.05, 0) is 49.6 Å². The molecule has 2 rings (SSSR count). The van der Waals surface area contributed by atoms with Gasteiger partial charge in [-0.15, -0.1) is 11.3 Å². The molecule has 0 unspecified atom stereocenters. The molecule has 0 spiro atoms. The molecule has 1 aromatic heterocycles. The van der Waals surface area contributed by atoms with Crippen LogP contribution >= 0.6 is 11.3 Å². The third kappa shape index (κ3) is 6.00. The van der Waals surface area contributed by atoms with Crippen LogP contribution in [0.25, 0.3) is 0 Å². The Balaban J connectivity index is 1.81. The van der Waals surface area contributed by atoms with Crippen LogP contribution in [0.5, 0.6) is 11.5 Å². The maximum absolute atomic E-state index is 12.1. The number of thiophene rings is 1. The van der Waals surface area contributed by atoms with Crippen molar-refractivity contribution in [1.29, 1.82) is 0 Å². The van der Waals surface area contributed by atoms with Crippen LogP contribution < -0.4 is 20.5 Å². The first-order chi connectivity index (χ1) is 12.9. The van der Waals surface area contributed by atoms with Crippen molar-refractivity contribution in [3.8, 4) is 11.5 Å². The van der Waals surface area contributed by atoms with Crippen LogP contribution in [-0.2, 0) is 14.3 Å². The van der Waals surface area contributed by atoms with Crippen molar-refractivity contribution in [2.75, 3.05) is 18.5 Å². The van der Waals surface area contributed by atoms with Crippen molar-refractivity contribution in [3.05, 3.63) is 41.3 Å². The van der Waals surface area contributed by atoms with Crippen LogP contribution in [-0.4, -0.2) is 37.1 Å². The normalized spacial score (nSPS) is 11.3. The van der Waals surface area contributed by atoms with Crippen molar-refractivity contribution < 1.29 is 28.6 Å². The number of primary amides is 1. The Bertz CT molecular complexity index is 802. The summed E-state index contributed by atoms with van der Waals surface area (Å²) in [6, 6.07) is 8.27. The van der Waals surface area contributed by atoms with Gasteiger partial charge in [0.25, 0.3) is 11.8 Å². The van der Waals surface area contributed by atoms with Gasteiger partial charge in [0.2, 0.25) is 0 Å². The van der Waals surface area contributed by atoms with Gasteiger partial charge in [0.05, 0.1) is 12.2 Å². The van der Waals surface area contributed by atoms with Gasteiger partial charge in [0.1, 0.15) is 16.5 Å². The van der Waals surface area contributed by atoms with Gasteiger partial charge in [-0.1, -0.05) is 0 Å². The highest BCUT2D eigenvalue weighted by atomic mass is 32.1. The van der Waals surface area contributed by atoms with Crippen LogP contribution in [0.3, 0.4) is 0 Å². The number of hydrogen-bond donors (Lipinski definition) is 2. The summed E-state index contributed by atoms with van der Waals surface area (Å²) >= 11 is 1.15. The Morgan fingerprint density at radius 2 is 1.74 bits per heavy atom. The third-order valence-corrected chi connectivity index (χ3v) is 4.17. The van der Waals surface area contributed by atoms with E-state index in [0.29, 0.717) is 23.1 Å². The topological polar surface area (TPSA) is 117 Å². The number of nitrogens with two attached hydrogens (primary N) is 1. The first-order valence-electron chi connectivity index (χ1n) is 8.14. The molecule has 1 heterocycles. The van der Waals surface area contributed by atoms with Gasteiger partial charge in [-0.25, -0.2) is 4.79 Å². The maximum atomic E-state index is 12.1. The minimum Gasteiger partial charge on any atom is -0.494 e. The Hall–Kier alpha value is -3.07. The standard InChI is InChI=1S/C18H20N2O6S/c1-3-24-12-4-6-13(7-5-12)25-10-15(21)26-11(2)17(23)20-18-14(16(19)22)8-9-27-18/h4-9,11H,3,10H2,1-2H3,(H2,19,22)(H,20,23)/t11-/m1/s1. The molecule has 1 aromatic carbocycles. The summed E-state index contributed by atoms with van der Waals surface area (Å²) in [5, 5.41) is 4.44. The first kappa shape index (κ1) is 20.2. The van der Waals surface area contributed by atoms with Gasteiger partial charge in [-0.2, -0.15) is 0 Å². The maximum Gasteiger partial charge on any atom is 0.344 e. The van der Waals surface area contributed by atoms with E-state index in [9.17, 15) is 14.4 Å². The second-order valence-electron chi connectivity index (χ2n) is 5.34. The quantitative estimate of drug-likeness (QED) is 0.632. The molecule has 144 valence electrons. The van der Waals surface area contributed by atoms with E-state index < -0.39 is 23.9 Å². The van der Waals surface area contributed by atoms with Crippen LogP contribution in [0.4, 0.5) is 5.00 Å². The Morgan fingerprint density at radius 1 is 1.11 bits per heavy atom. The lowest BCUT2D eigenvalue weighted by atomic mass is 10.3. The molecule has 0 bridgehead atoms. The lowest BCUT2D eigenvalue weighted by Crippen LogP contribution is -2.32. The fourth-order valence-electron chi connectivity index (χ4n) is 2.04. The number of ether oxygens (including phenoxy) is 3. The SMILES string of the molecule is CCOc1ccc(OCC(=O)O[C@H](C)C(=O)Nc2sccc2C(N)=O)cc1. The number of hydrogen-bond acceptors (Lipinski definition) is 7. The number of anilines is 1. The van der Waals surface area contributed by atoms with E-state index in [-0.39, 0.29) is 12.2 Å². The molecule has 0 aliphatic carbocycles. The van der Waals surface area contributed by atoms with E-state index in [2.05, 4.69) is 5.32 Å². The van der Waals surface area contributed by atoms with E-state index in [4.69, 9.17) is 19.9 Å². The highest BCUT2D eigenvalue weighted by Gasteiger charge is 2.20. The fourth-order valence-corrected chi connectivity index (χ4v) is 2.83. The van der Waals surface area contributed by atoms with E-state index in [0.717, 1.165) is 11.3 Å². The van der Waals surface area contributed by atoms with Gasteiger partial charge in [-0.3, -0.25) is 9.59 Å². The number of rotatable bonds is 9. The molecule has 2 aromatic rings. The minimum absolute atomic E-state index is 0.200. The molecule has 1 atom stereocenters. The monoisotopic (exact) mass is 392 g/mol. The summed E-state index contributed by atoms with van der Waals surface area (Å²) in [5.41, 5.74) is 5.42. The van der Waals surface area contributed by atoms with Crippen LogP contribution in [0, 0.1) is 0 Å². The van der Waals surface area contributed by atoms with E-state index in [1.165, 1.54) is 13.0 Å². The van der Waals surface area contributed by atoms with E-state index in [1.54, 1.807) is 29.6 Å². The average Bonchev–Trinajstić information content (AvgIpc) is 3.09. The molecule has 3 N–H and O–H groups in total. The summed E-state index contributed by atoms with van der Waals surface area (Å²) in [5.74, 6) is -0.763. The lowest BCUT2D eigenvalue weighted by molar-refractivity contribution is -0.155. The number of benzene rings is 1. The van der Waals surface area contributed by atoms with Gasteiger partial charge in [0.15, 0.2) is 12.7 Å². The zero-order chi connectivity index (χ0) is 19.8. The second kappa shape index (κ2) is 9.58. The summed E-state index contributed by atoms with van der Waals surface area (Å²) in [4.78, 5) is 35.2. The number of esters is 1. The molecule has 2 amide bonds. The Morgan fingerprint density at radius 3 is 2.33 bits per heavy atom. The van der Waals surface area contributed by atoms with Gasteiger partial charge in [0, 0.05) is 0 Å². The molecule has 9 heteroatoms. The van der Waals surface area contributed by atoms with E-state index in [1.807, 2.05) is 6.92 Å². The Kier molecular flexibility index (Phi) is 7.18. The summed E-state index contributed by atoms with van der Waals surface area (Å²) in [7, 11) is 0. The van der Waals surface area contributed by atoms with Gasteiger partial charge < -0.3 is 25.3 Å². The molecule has 0 saturated carbocycles. The molecular formula is C18H20N2O6S. The van der Waals surface area contributed by atoms with Crippen molar-refractivity contribution in [3.63, 3.8) is 0 Å². The number of nitrogens with one attached hydrogen (secondary N) is 1. The number of carbonyl (C=O) groups excluding carboxylic acids is 3. The molecule has 0 aliphatic heterocycles. The summed E-state index contributed by atoms with van der Waals surface area (Å²) in [6.45, 7) is 3.50. The average molecular weight is 392 g/mol. The van der Waals surface area contributed by atoms with Crippen molar-refractivity contribution in [1.82, 2.24) is 0 Å². The highest BCUT2D eigenvalue weighted by Crippen LogP contribution is 2.23. The second-order valence-corrected chi connectivity index (χ2v) is 6.26. The summed E-state index contributed by atoms with van der Waals surface area (Å²) in [6.07, 6.45) is -1.07. The van der Waals surface area contributed by atoms with Crippen LogP contribution in [0.1, 0.15) is 24.2 Å². The van der Waals surface area contributed by atoms with Crippen LogP contribution in [0.15, 0.2) is 35.7 Å². The molecule has 0 saturated heterocycles. The third-order valence-electron chi connectivity index (χ3n) is 3.34. The lowest BCUT2D eigenvalue weighted by Gasteiger charge is -2.14. The first-order valence-corrected chi connectivity index (χ1v) is 9.02. The summed E-state index contributed by atoms with van der Waals surface area (Å²) < 4.78 is 15.7. The number of amides is 2. The smallest absolute Gasteiger partial charge is 0.344 e. The molecule has 0 radical (unpaired) electrons. The molecule has 27 heavy (non-hydrogen) atoms. The molecule has 0 fully saturated rings. The van der Waals surface area contributed by atoms with E-state index >= 15 is 0 Å². The number of carbonyl (C=O) groups is 3. The largest absolute Gasteiger partial charge is 0.494 e. The minimum atomic E-state index is -1.07. The fraction of sp³-hybridized carbons (Fsp3) is 0.278. The van der Waals surface area contributed by atoms with Crippen molar-refractivity contribution >= 4 is 34.1 Å². The van der Waals surface area contributed by atoms with Crippen molar-refractivity contribution in [2.24, 2.45) is 5.73 Å². The van der Waals surface area contributed by atoms with Gasteiger partial charge >= 0.3 is 5.97 Å². The zero-order valence-electron chi connectivity index (χ0n) is 14.9. The molecule has 0 aliphatic rings. The molecular weight excluding hydrogens is 372 g/mol. The predicted molar refractivity (Wildman–Crippen MR) is 100 cm³/mol.